The number of aryl methyl sites for hydroxylation is 1. The van der Waals surface area contributed by atoms with Crippen LogP contribution in [0.5, 0.6) is 0 Å². The molecular formula is C19H21NO3. The Morgan fingerprint density at radius 3 is 2.91 bits per heavy atom. The van der Waals surface area contributed by atoms with Crippen LogP contribution in [0.15, 0.2) is 45.1 Å². The van der Waals surface area contributed by atoms with Crippen molar-refractivity contribution in [3.05, 3.63) is 57.5 Å². The van der Waals surface area contributed by atoms with Crippen LogP contribution in [0.25, 0.3) is 11.0 Å². The lowest BCUT2D eigenvalue weighted by molar-refractivity contribution is 0.0927. The number of hydrogen-bond donors (Lipinski definition) is 1. The van der Waals surface area contributed by atoms with Crippen molar-refractivity contribution in [2.24, 2.45) is 0 Å². The van der Waals surface area contributed by atoms with Crippen LogP contribution in [0.4, 0.5) is 0 Å². The maximum Gasteiger partial charge on any atom is 0.287 e. The number of carbonyl (C=O) groups is 1. The Morgan fingerprint density at radius 1 is 1.26 bits per heavy atom. The molecule has 0 saturated heterocycles. The molecule has 0 aliphatic heterocycles. The molecular weight excluding hydrogens is 290 g/mol. The molecule has 3 rings (SSSR count). The number of carbonyl (C=O) groups excluding carboxylic acids is 1. The summed E-state index contributed by atoms with van der Waals surface area (Å²) in [6, 6.07) is 6.65. The average Bonchev–Trinajstić information content (AvgIpc) is 2.56. The minimum atomic E-state index is -0.332. The van der Waals surface area contributed by atoms with Crippen LogP contribution < -0.4 is 10.7 Å². The van der Waals surface area contributed by atoms with Gasteiger partial charge < -0.3 is 9.73 Å². The van der Waals surface area contributed by atoms with Gasteiger partial charge in [0.15, 0.2) is 11.2 Å². The molecule has 1 heterocycles. The summed E-state index contributed by atoms with van der Waals surface area (Å²) in [5, 5.41) is 3.35. The third-order valence-corrected chi connectivity index (χ3v) is 4.22. The molecule has 0 unspecified atom stereocenters. The summed E-state index contributed by atoms with van der Waals surface area (Å²) >= 11 is 0. The fourth-order valence-electron chi connectivity index (χ4n) is 2.94. The van der Waals surface area contributed by atoms with Gasteiger partial charge in [0.2, 0.25) is 0 Å². The fourth-order valence-corrected chi connectivity index (χ4v) is 2.94. The van der Waals surface area contributed by atoms with Crippen molar-refractivity contribution in [1.82, 2.24) is 5.32 Å². The van der Waals surface area contributed by atoms with Crippen molar-refractivity contribution in [1.29, 1.82) is 0 Å². The standard InChI is InChI=1S/C19H21NO3/c1-13-7-8-17-15(11-13)16(21)12-18(23-17)19(22)20-10-9-14-5-3-2-4-6-14/h5,7-8,11-12H,2-4,6,9-10H2,1H3,(H,20,22). The van der Waals surface area contributed by atoms with Gasteiger partial charge in [-0.1, -0.05) is 23.3 Å². The Hall–Kier alpha value is -2.36. The van der Waals surface area contributed by atoms with E-state index in [2.05, 4.69) is 11.4 Å². The third kappa shape index (κ3) is 3.70. The Kier molecular flexibility index (Phi) is 4.60. The minimum Gasteiger partial charge on any atom is -0.451 e. The number of fused-ring (bicyclic) bond motifs is 1. The number of nitrogens with one attached hydrogen (secondary N) is 1. The van der Waals surface area contributed by atoms with Gasteiger partial charge in [0.05, 0.1) is 5.39 Å². The highest BCUT2D eigenvalue weighted by Gasteiger charge is 2.12. The second-order valence-electron chi connectivity index (χ2n) is 6.09. The van der Waals surface area contributed by atoms with Crippen LogP contribution in [-0.2, 0) is 0 Å². The van der Waals surface area contributed by atoms with Gasteiger partial charge in [-0.15, -0.1) is 0 Å². The van der Waals surface area contributed by atoms with Crippen LogP contribution in [0.1, 0.15) is 48.2 Å². The van der Waals surface area contributed by atoms with E-state index >= 15 is 0 Å². The zero-order valence-electron chi connectivity index (χ0n) is 13.4. The van der Waals surface area contributed by atoms with Crippen molar-refractivity contribution in [2.75, 3.05) is 6.54 Å². The Bertz CT molecular complexity index is 817. The first-order valence-electron chi connectivity index (χ1n) is 8.14. The van der Waals surface area contributed by atoms with E-state index in [0.717, 1.165) is 24.8 Å². The van der Waals surface area contributed by atoms with Crippen molar-refractivity contribution in [3.63, 3.8) is 0 Å². The van der Waals surface area contributed by atoms with Gasteiger partial charge in [0.1, 0.15) is 5.58 Å². The molecule has 1 aromatic carbocycles. The van der Waals surface area contributed by atoms with E-state index in [1.165, 1.54) is 24.5 Å². The second kappa shape index (κ2) is 6.82. The molecule has 0 atom stereocenters. The highest BCUT2D eigenvalue weighted by Crippen LogP contribution is 2.19. The largest absolute Gasteiger partial charge is 0.451 e. The van der Waals surface area contributed by atoms with Gasteiger partial charge in [-0.05, 0) is 51.2 Å². The van der Waals surface area contributed by atoms with Crippen molar-refractivity contribution >= 4 is 16.9 Å². The normalized spacial score (nSPS) is 14.6. The molecule has 1 aromatic heterocycles. The summed E-state index contributed by atoms with van der Waals surface area (Å²) in [5.74, 6) is -0.259. The highest BCUT2D eigenvalue weighted by molar-refractivity contribution is 5.93. The van der Waals surface area contributed by atoms with E-state index in [9.17, 15) is 9.59 Å². The molecule has 1 aliphatic rings. The third-order valence-electron chi connectivity index (χ3n) is 4.22. The molecule has 4 heteroatoms. The van der Waals surface area contributed by atoms with Crippen molar-refractivity contribution < 1.29 is 9.21 Å². The van der Waals surface area contributed by atoms with Crippen LogP contribution in [-0.4, -0.2) is 12.5 Å². The van der Waals surface area contributed by atoms with Gasteiger partial charge in [-0.25, -0.2) is 0 Å². The SMILES string of the molecule is Cc1ccc2oc(C(=O)NCCC3=CCCCC3)cc(=O)c2c1. The lowest BCUT2D eigenvalue weighted by Gasteiger charge is -2.12. The number of rotatable bonds is 4. The highest BCUT2D eigenvalue weighted by atomic mass is 16.3. The zero-order chi connectivity index (χ0) is 16.2. The van der Waals surface area contributed by atoms with Gasteiger partial charge in [-0.2, -0.15) is 0 Å². The van der Waals surface area contributed by atoms with Crippen LogP contribution in [0.3, 0.4) is 0 Å². The molecule has 1 N–H and O–H groups in total. The summed E-state index contributed by atoms with van der Waals surface area (Å²) in [7, 11) is 0. The molecule has 0 saturated carbocycles. The maximum absolute atomic E-state index is 12.2. The molecule has 120 valence electrons. The monoisotopic (exact) mass is 311 g/mol. The molecule has 2 aromatic rings. The number of benzene rings is 1. The van der Waals surface area contributed by atoms with E-state index in [0.29, 0.717) is 17.5 Å². The Morgan fingerprint density at radius 2 is 2.13 bits per heavy atom. The number of amides is 1. The van der Waals surface area contributed by atoms with Crippen LogP contribution >= 0.6 is 0 Å². The molecule has 0 fully saturated rings. The van der Waals surface area contributed by atoms with Crippen molar-refractivity contribution in [3.8, 4) is 0 Å². The van der Waals surface area contributed by atoms with E-state index < -0.39 is 0 Å². The minimum absolute atomic E-state index is 0.0731. The lowest BCUT2D eigenvalue weighted by Crippen LogP contribution is -2.25. The van der Waals surface area contributed by atoms with E-state index in [1.807, 2.05) is 13.0 Å². The topological polar surface area (TPSA) is 59.3 Å². The molecule has 0 radical (unpaired) electrons. The lowest BCUT2D eigenvalue weighted by atomic mass is 9.97. The summed E-state index contributed by atoms with van der Waals surface area (Å²) in [4.78, 5) is 24.3. The number of hydrogen-bond acceptors (Lipinski definition) is 3. The summed E-state index contributed by atoms with van der Waals surface area (Å²) in [6.45, 7) is 2.49. The maximum atomic E-state index is 12.2. The quantitative estimate of drug-likeness (QED) is 0.875. The molecule has 0 spiro atoms. The van der Waals surface area contributed by atoms with Crippen molar-refractivity contribution in [2.45, 2.75) is 39.0 Å². The molecule has 0 bridgehead atoms. The molecule has 1 amide bonds. The number of allylic oxidation sites excluding steroid dienone is 1. The zero-order valence-corrected chi connectivity index (χ0v) is 13.4. The second-order valence-corrected chi connectivity index (χ2v) is 6.09. The average molecular weight is 311 g/mol. The first-order chi connectivity index (χ1) is 11.1. The summed E-state index contributed by atoms with van der Waals surface area (Å²) in [5.41, 5.74) is 2.66. The Labute approximate surface area is 135 Å². The van der Waals surface area contributed by atoms with Crippen LogP contribution in [0, 0.1) is 6.92 Å². The fraction of sp³-hybridized carbons (Fsp3) is 0.368. The predicted octanol–water partition coefficient (Wildman–Crippen LogP) is 3.72. The smallest absolute Gasteiger partial charge is 0.287 e. The van der Waals surface area contributed by atoms with E-state index in [4.69, 9.17) is 4.42 Å². The molecule has 4 nitrogen and oxygen atoms in total. The van der Waals surface area contributed by atoms with E-state index in [1.54, 1.807) is 12.1 Å². The van der Waals surface area contributed by atoms with Gasteiger partial charge in [-0.3, -0.25) is 9.59 Å². The Balaban J connectivity index is 1.69. The molecule has 1 aliphatic carbocycles. The van der Waals surface area contributed by atoms with Gasteiger partial charge in [0, 0.05) is 12.6 Å². The predicted molar refractivity (Wildman–Crippen MR) is 90.7 cm³/mol. The first-order valence-corrected chi connectivity index (χ1v) is 8.14. The van der Waals surface area contributed by atoms with Crippen LogP contribution in [0.2, 0.25) is 0 Å². The van der Waals surface area contributed by atoms with Gasteiger partial charge in [0.25, 0.3) is 5.91 Å². The summed E-state index contributed by atoms with van der Waals surface area (Å²) < 4.78 is 5.58. The van der Waals surface area contributed by atoms with E-state index in [-0.39, 0.29) is 17.1 Å². The first kappa shape index (κ1) is 15.5. The summed E-state index contributed by atoms with van der Waals surface area (Å²) in [6.07, 6.45) is 7.90. The molecule has 23 heavy (non-hydrogen) atoms. The van der Waals surface area contributed by atoms with Gasteiger partial charge >= 0.3 is 0 Å².